The molecule has 1 aromatic rings. The highest BCUT2D eigenvalue weighted by Gasteiger charge is 2.19. The van der Waals surface area contributed by atoms with E-state index < -0.39 is 11.9 Å². The van der Waals surface area contributed by atoms with Crippen LogP contribution in [0.15, 0.2) is 28.7 Å². The molecule has 0 atom stereocenters. The maximum Gasteiger partial charge on any atom is 0.397 e. The molecule has 1 aromatic carbocycles. The lowest BCUT2D eigenvalue weighted by molar-refractivity contribution is -0.159. The number of carbonyl (C=O) groups is 2. The van der Waals surface area contributed by atoms with Crippen molar-refractivity contribution in [3.8, 4) is 0 Å². The van der Waals surface area contributed by atoms with E-state index in [2.05, 4.69) is 20.7 Å². The van der Waals surface area contributed by atoms with Gasteiger partial charge in [0.25, 0.3) is 0 Å². The van der Waals surface area contributed by atoms with Gasteiger partial charge in [-0.15, -0.1) is 0 Å². The second-order valence-electron chi connectivity index (χ2n) is 3.51. The SMILES string of the molecule is CCOC(=O)C(=O)N(C)Cc1ccc(Br)cc1. The van der Waals surface area contributed by atoms with Gasteiger partial charge in [-0.05, 0) is 24.6 Å². The van der Waals surface area contributed by atoms with Crippen LogP contribution in [0.4, 0.5) is 0 Å². The molecule has 4 nitrogen and oxygen atoms in total. The monoisotopic (exact) mass is 299 g/mol. The van der Waals surface area contributed by atoms with Crippen molar-refractivity contribution in [2.24, 2.45) is 0 Å². The van der Waals surface area contributed by atoms with Crippen LogP contribution in [-0.2, 0) is 20.9 Å². The van der Waals surface area contributed by atoms with Crippen LogP contribution in [0.3, 0.4) is 0 Å². The number of amides is 1. The van der Waals surface area contributed by atoms with Crippen LogP contribution < -0.4 is 0 Å². The molecule has 0 aliphatic heterocycles. The van der Waals surface area contributed by atoms with Crippen LogP contribution in [-0.4, -0.2) is 30.4 Å². The quantitative estimate of drug-likeness (QED) is 0.633. The van der Waals surface area contributed by atoms with Gasteiger partial charge in [0.1, 0.15) is 0 Å². The molecule has 0 saturated carbocycles. The Labute approximate surface area is 109 Å². The number of halogens is 1. The van der Waals surface area contributed by atoms with E-state index in [4.69, 9.17) is 0 Å². The molecule has 1 rings (SSSR count). The van der Waals surface area contributed by atoms with Gasteiger partial charge in [0.2, 0.25) is 0 Å². The first-order valence-electron chi connectivity index (χ1n) is 5.21. The molecule has 0 bridgehead atoms. The van der Waals surface area contributed by atoms with Gasteiger partial charge in [-0.2, -0.15) is 0 Å². The van der Waals surface area contributed by atoms with E-state index in [1.165, 1.54) is 4.90 Å². The number of hydrogen-bond acceptors (Lipinski definition) is 3. The smallest absolute Gasteiger partial charge is 0.397 e. The fourth-order valence-corrected chi connectivity index (χ4v) is 1.55. The molecule has 0 aromatic heterocycles. The summed E-state index contributed by atoms with van der Waals surface area (Å²) in [5.41, 5.74) is 0.952. The Balaban J connectivity index is 2.59. The highest BCUT2D eigenvalue weighted by molar-refractivity contribution is 9.10. The van der Waals surface area contributed by atoms with Crippen molar-refractivity contribution in [3.05, 3.63) is 34.3 Å². The fourth-order valence-electron chi connectivity index (χ4n) is 1.28. The predicted molar refractivity (Wildman–Crippen MR) is 67.2 cm³/mol. The lowest BCUT2D eigenvalue weighted by Crippen LogP contribution is -2.34. The summed E-state index contributed by atoms with van der Waals surface area (Å²) in [5.74, 6) is -1.44. The zero-order valence-corrected chi connectivity index (χ0v) is 11.4. The fraction of sp³-hybridized carbons (Fsp3) is 0.333. The minimum absolute atomic E-state index is 0.205. The Morgan fingerprint density at radius 2 is 1.88 bits per heavy atom. The molecule has 0 radical (unpaired) electrons. The number of nitrogens with zero attached hydrogens (tertiary/aromatic N) is 1. The van der Waals surface area contributed by atoms with Crippen LogP contribution in [0.5, 0.6) is 0 Å². The maximum atomic E-state index is 11.5. The summed E-state index contributed by atoms with van der Waals surface area (Å²) in [5, 5.41) is 0. The average Bonchev–Trinajstić information content (AvgIpc) is 2.31. The number of esters is 1. The summed E-state index contributed by atoms with van der Waals surface area (Å²) in [6.45, 7) is 2.25. The number of likely N-dealkylation sites (N-methyl/N-ethyl adjacent to an activating group) is 1. The maximum absolute atomic E-state index is 11.5. The van der Waals surface area contributed by atoms with Crippen molar-refractivity contribution < 1.29 is 14.3 Å². The summed E-state index contributed by atoms with van der Waals surface area (Å²) in [4.78, 5) is 24.1. The summed E-state index contributed by atoms with van der Waals surface area (Å²) in [7, 11) is 1.57. The second kappa shape index (κ2) is 6.39. The third-order valence-corrected chi connectivity index (χ3v) is 2.66. The average molecular weight is 300 g/mol. The van der Waals surface area contributed by atoms with Crippen LogP contribution in [0, 0.1) is 0 Å². The minimum atomic E-state index is -0.813. The third-order valence-electron chi connectivity index (χ3n) is 2.13. The number of hydrogen-bond donors (Lipinski definition) is 0. The molecule has 0 aliphatic carbocycles. The molecule has 0 saturated heterocycles. The van der Waals surface area contributed by atoms with E-state index in [0.29, 0.717) is 6.54 Å². The van der Waals surface area contributed by atoms with Crippen LogP contribution in [0.1, 0.15) is 12.5 Å². The highest BCUT2D eigenvalue weighted by Crippen LogP contribution is 2.11. The normalized spacial score (nSPS) is 9.82. The van der Waals surface area contributed by atoms with Gasteiger partial charge < -0.3 is 9.64 Å². The molecule has 1 amide bonds. The number of carbonyl (C=O) groups excluding carboxylic acids is 2. The molecule has 0 unspecified atom stereocenters. The molecular weight excluding hydrogens is 286 g/mol. The summed E-state index contributed by atoms with van der Waals surface area (Å²) < 4.78 is 5.62. The van der Waals surface area contributed by atoms with E-state index in [1.54, 1.807) is 14.0 Å². The van der Waals surface area contributed by atoms with Gasteiger partial charge in [-0.1, -0.05) is 28.1 Å². The van der Waals surface area contributed by atoms with Crippen molar-refractivity contribution in [1.82, 2.24) is 4.90 Å². The molecule has 5 heteroatoms. The molecule has 0 aliphatic rings. The zero-order chi connectivity index (χ0) is 12.8. The van der Waals surface area contributed by atoms with Gasteiger partial charge in [-0.3, -0.25) is 4.79 Å². The van der Waals surface area contributed by atoms with E-state index in [-0.39, 0.29) is 6.61 Å². The summed E-state index contributed by atoms with van der Waals surface area (Å²) in [6, 6.07) is 7.55. The molecule has 17 heavy (non-hydrogen) atoms. The molecule has 0 fully saturated rings. The van der Waals surface area contributed by atoms with Crippen molar-refractivity contribution in [3.63, 3.8) is 0 Å². The number of rotatable bonds is 3. The Bertz CT molecular complexity index is 403. The summed E-state index contributed by atoms with van der Waals surface area (Å²) in [6.07, 6.45) is 0. The van der Waals surface area contributed by atoms with Gasteiger partial charge in [0, 0.05) is 18.1 Å². The minimum Gasteiger partial charge on any atom is -0.459 e. The number of ether oxygens (including phenoxy) is 1. The van der Waals surface area contributed by atoms with Gasteiger partial charge in [-0.25, -0.2) is 4.79 Å². The van der Waals surface area contributed by atoms with E-state index in [9.17, 15) is 9.59 Å². The van der Waals surface area contributed by atoms with Crippen molar-refractivity contribution in [2.75, 3.05) is 13.7 Å². The van der Waals surface area contributed by atoms with E-state index >= 15 is 0 Å². The Hall–Kier alpha value is -1.36. The van der Waals surface area contributed by atoms with Crippen LogP contribution in [0.2, 0.25) is 0 Å². The standard InChI is InChI=1S/C12H14BrNO3/c1-3-17-12(16)11(15)14(2)8-9-4-6-10(13)7-5-9/h4-7H,3,8H2,1-2H3. The second-order valence-corrected chi connectivity index (χ2v) is 4.42. The molecular formula is C12H14BrNO3. The van der Waals surface area contributed by atoms with Crippen LogP contribution in [0.25, 0.3) is 0 Å². The van der Waals surface area contributed by atoms with Crippen LogP contribution >= 0.6 is 15.9 Å². The Morgan fingerprint density at radius 3 is 2.41 bits per heavy atom. The first kappa shape index (κ1) is 13.7. The van der Waals surface area contributed by atoms with Crippen molar-refractivity contribution in [2.45, 2.75) is 13.5 Å². The summed E-state index contributed by atoms with van der Waals surface area (Å²) >= 11 is 3.33. The van der Waals surface area contributed by atoms with E-state index in [0.717, 1.165) is 10.0 Å². The lowest BCUT2D eigenvalue weighted by atomic mass is 10.2. The first-order valence-corrected chi connectivity index (χ1v) is 6.00. The Morgan fingerprint density at radius 1 is 1.29 bits per heavy atom. The Kier molecular flexibility index (Phi) is 5.15. The molecule has 92 valence electrons. The number of benzene rings is 1. The first-order chi connectivity index (χ1) is 8.04. The zero-order valence-electron chi connectivity index (χ0n) is 9.77. The third kappa shape index (κ3) is 4.19. The highest BCUT2D eigenvalue weighted by atomic mass is 79.9. The molecule has 0 N–H and O–H groups in total. The van der Waals surface area contributed by atoms with Crippen molar-refractivity contribution >= 4 is 27.8 Å². The van der Waals surface area contributed by atoms with Gasteiger partial charge in [0.15, 0.2) is 0 Å². The molecule has 0 spiro atoms. The topological polar surface area (TPSA) is 46.6 Å². The van der Waals surface area contributed by atoms with Gasteiger partial charge in [0.05, 0.1) is 6.61 Å². The predicted octanol–water partition coefficient (Wildman–Crippen LogP) is 1.97. The molecule has 0 heterocycles. The largest absolute Gasteiger partial charge is 0.459 e. The lowest BCUT2D eigenvalue weighted by Gasteiger charge is -2.15. The van der Waals surface area contributed by atoms with E-state index in [1.807, 2.05) is 24.3 Å². The van der Waals surface area contributed by atoms with Gasteiger partial charge >= 0.3 is 11.9 Å². The van der Waals surface area contributed by atoms with Crippen molar-refractivity contribution in [1.29, 1.82) is 0 Å².